The monoisotopic (exact) mass is 411 g/mol. The first-order valence-corrected chi connectivity index (χ1v) is 7.99. The molecule has 5 heteroatoms. The van der Waals surface area contributed by atoms with Crippen molar-refractivity contribution in [2.24, 2.45) is 0 Å². The third kappa shape index (κ3) is 4.08. The Hall–Kier alpha value is -1.33. The van der Waals surface area contributed by atoms with E-state index in [9.17, 15) is 4.79 Å². The summed E-state index contributed by atoms with van der Waals surface area (Å²) in [6.45, 7) is 1.95. The van der Waals surface area contributed by atoms with Crippen LogP contribution >= 0.6 is 31.9 Å². The summed E-state index contributed by atoms with van der Waals surface area (Å²) < 4.78 is 6.91. The number of hydrogen-bond donors (Lipinski definition) is 1. The standard InChI is InChI=1S/C16H15Br2NO2/c1-10(11-3-5-12(17)6-4-11)19-16(20)14-9-13(21-2)7-8-15(14)18/h3-10H,1-2H3,(H,19,20). The van der Waals surface area contributed by atoms with E-state index in [-0.39, 0.29) is 11.9 Å². The molecule has 1 amide bonds. The number of ether oxygens (including phenoxy) is 1. The lowest BCUT2D eigenvalue weighted by Gasteiger charge is -2.15. The number of rotatable bonds is 4. The third-order valence-electron chi connectivity index (χ3n) is 3.14. The first kappa shape index (κ1) is 16.0. The Bertz CT molecular complexity index is 641. The van der Waals surface area contributed by atoms with Crippen molar-refractivity contribution in [3.63, 3.8) is 0 Å². The van der Waals surface area contributed by atoms with Crippen LogP contribution in [0.25, 0.3) is 0 Å². The van der Waals surface area contributed by atoms with E-state index in [0.717, 1.165) is 14.5 Å². The number of carbonyl (C=O) groups is 1. The first-order chi connectivity index (χ1) is 10.0. The zero-order valence-electron chi connectivity index (χ0n) is 11.7. The van der Waals surface area contributed by atoms with Crippen LogP contribution in [0.3, 0.4) is 0 Å². The van der Waals surface area contributed by atoms with Gasteiger partial charge in [-0.2, -0.15) is 0 Å². The SMILES string of the molecule is COc1ccc(Br)c(C(=O)NC(C)c2ccc(Br)cc2)c1. The Morgan fingerprint density at radius 1 is 1.14 bits per heavy atom. The van der Waals surface area contributed by atoms with Gasteiger partial charge in [0.2, 0.25) is 0 Å². The molecule has 1 unspecified atom stereocenters. The van der Waals surface area contributed by atoms with Crippen LogP contribution in [0.2, 0.25) is 0 Å². The molecule has 1 N–H and O–H groups in total. The molecule has 0 aliphatic heterocycles. The van der Waals surface area contributed by atoms with Crippen molar-refractivity contribution < 1.29 is 9.53 Å². The Labute approximate surface area is 141 Å². The minimum Gasteiger partial charge on any atom is -0.497 e. The summed E-state index contributed by atoms with van der Waals surface area (Å²) in [4.78, 5) is 12.4. The molecule has 3 nitrogen and oxygen atoms in total. The van der Waals surface area contributed by atoms with Gasteiger partial charge in [-0.1, -0.05) is 28.1 Å². The molecule has 110 valence electrons. The number of hydrogen-bond acceptors (Lipinski definition) is 2. The van der Waals surface area contributed by atoms with Crippen molar-refractivity contribution in [2.75, 3.05) is 7.11 Å². The van der Waals surface area contributed by atoms with Gasteiger partial charge >= 0.3 is 0 Å². The lowest BCUT2D eigenvalue weighted by Crippen LogP contribution is -2.26. The van der Waals surface area contributed by atoms with Crippen LogP contribution in [0, 0.1) is 0 Å². The van der Waals surface area contributed by atoms with Gasteiger partial charge in [-0.15, -0.1) is 0 Å². The summed E-state index contributed by atoms with van der Waals surface area (Å²) >= 11 is 6.79. The number of halogens is 2. The van der Waals surface area contributed by atoms with Crippen LogP contribution in [0.15, 0.2) is 51.4 Å². The fourth-order valence-electron chi connectivity index (χ4n) is 1.91. The van der Waals surface area contributed by atoms with Gasteiger partial charge in [-0.05, 0) is 58.7 Å². The molecule has 0 heterocycles. The maximum absolute atomic E-state index is 12.4. The second-order valence-electron chi connectivity index (χ2n) is 4.59. The zero-order chi connectivity index (χ0) is 15.4. The molecule has 0 aliphatic carbocycles. The van der Waals surface area contributed by atoms with Gasteiger partial charge in [0.15, 0.2) is 0 Å². The number of methoxy groups -OCH3 is 1. The normalized spacial score (nSPS) is 11.8. The molecule has 0 bridgehead atoms. The molecular weight excluding hydrogens is 398 g/mol. The van der Waals surface area contributed by atoms with Crippen LogP contribution < -0.4 is 10.1 Å². The largest absolute Gasteiger partial charge is 0.497 e. The molecule has 2 rings (SSSR count). The Morgan fingerprint density at radius 2 is 1.81 bits per heavy atom. The molecule has 0 radical (unpaired) electrons. The lowest BCUT2D eigenvalue weighted by atomic mass is 10.1. The highest BCUT2D eigenvalue weighted by atomic mass is 79.9. The molecule has 2 aromatic carbocycles. The van der Waals surface area contributed by atoms with Gasteiger partial charge in [-0.25, -0.2) is 0 Å². The van der Waals surface area contributed by atoms with Gasteiger partial charge in [0, 0.05) is 8.95 Å². The molecule has 2 aromatic rings. The molecule has 0 saturated heterocycles. The molecule has 0 spiro atoms. The average Bonchev–Trinajstić information content (AvgIpc) is 2.48. The van der Waals surface area contributed by atoms with E-state index in [1.165, 1.54) is 0 Å². The Balaban J connectivity index is 2.15. The maximum Gasteiger partial charge on any atom is 0.253 e. The van der Waals surface area contributed by atoms with Gasteiger partial charge in [0.1, 0.15) is 5.75 Å². The van der Waals surface area contributed by atoms with E-state index in [2.05, 4.69) is 37.2 Å². The highest BCUT2D eigenvalue weighted by Gasteiger charge is 2.15. The van der Waals surface area contributed by atoms with Crippen LogP contribution in [0.4, 0.5) is 0 Å². The van der Waals surface area contributed by atoms with Gasteiger partial charge in [-0.3, -0.25) is 4.79 Å². The third-order valence-corrected chi connectivity index (χ3v) is 4.36. The highest BCUT2D eigenvalue weighted by Crippen LogP contribution is 2.23. The fraction of sp³-hybridized carbons (Fsp3) is 0.188. The van der Waals surface area contributed by atoms with Crippen LogP contribution in [0.1, 0.15) is 28.9 Å². The minimum atomic E-state index is -0.142. The molecule has 0 saturated carbocycles. The molecule has 0 aromatic heterocycles. The minimum absolute atomic E-state index is 0.0799. The van der Waals surface area contributed by atoms with Crippen molar-refractivity contribution in [1.29, 1.82) is 0 Å². The summed E-state index contributed by atoms with van der Waals surface area (Å²) in [5.74, 6) is 0.510. The van der Waals surface area contributed by atoms with E-state index in [0.29, 0.717) is 11.3 Å². The summed E-state index contributed by atoms with van der Waals surface area (Å²) in [7, 11) is 1.58. The zero-order valence-corrected chi connectivity index (χ0v) is 14.9. The number of amides is 1. The smallest absolute Gasteiger partial charge is 0.253 e. The first-order valence-electron chi connectivity index (χ1n) is 6.41. The summed E-state index contributed by atoms with van der Waals surface area (Å²) in [5.41, 5.74) is 1.60. The van der Waals surface area contributed by atoms with Gasteiger partial charge in [0.05, 0.1) is 18.7 Å². The molecule has 0 aliphatic rings. The molecule has 0 fully saturated rings. The summed E-state index contributed by atoms with van der Waals surface area (Å²) in [6.07, 6.45) is 0. The number of benzene rings is 2. The van der Waals surface area contributed by atoms with E-state index < -0.39 is 0 Å². The van der Waals surface area contributed by atoms with Crippen LogP contribution in [0.5, 0.6) is 5.75 Å². The molecule has 1 atom stereocenters. The van der Waals surface area contributed by atoms with Gasteiger partial charge in [0.25, 0.3) is 5.91 Å². The van der Waals surface area contributed by atoms with Crippen LogP contribution in [-0.2, 0) is 0 Å². The van der Waals surface area contributed by atoms with Gasteiger partial charge < -0.3 is 10.1 Å². The van der Waals surface area contributed by atoms with E-state index in [1.54, 1.807) is 25.3 Å². The van der Waals surface area contributed by atoms with Crippen molar-refractivity contribution in [3.8, 4) is 5.75 Å². The lowest BCUT2D eigenvalue weighted by molar-refractivity contribution is 0.0938. The van der Waals surface area contributed by atoms with Crippen molar-refractivity contribution in [1.82, 2.24) is 5.32 Å². The maximum atomic E-state index is 12.4. The molecule has 21 heavy (non-hydrogen) atoms. The van der Waals surface area contributed by atoms with Crippen molar-refractivity contribution in [2.45, 2.75) is 13.0 Å². The predicted molar refractivity (Wildman–Crippen MR) is 90.7 cm³/mol. The predicted octanol–water partition coefficient (Wildman–Crippen LogP) is 4.71. The van der Waals surface area contributed by atoms with E-state index in [1.807, 2.05) is 31.2 Å². The Kier molecular flexibility index (Phi) is 5.42. The Morgan fingerprint density at radius 3 is 2.43 bits per heavy atom. The quantitative estimate of drug-likeness (QED) is 0.789. The van der Waals surface area contributed by atoms with E-state index >= 15 is 0 Å². The van der Waals surface area contributed by atoms with Crippen molar-refractivity contribution >= 4 is 37.8 Å². The number of carbonyl (C=O) groups excluding carboxylic acids is 1. The second kappa shape index (κ2) is 7.09. The summed E-state index contributed by atoms with van der Waals surface area (Å²) in [5, 5.41) is 2.98. The summed E-state index contributed by atoms with van der Waals surface area (Å²) in [6, 6.07) is 13.1. The van der Waals surface area contributed by atoms with E-state index in [4.69, 9.17) is 4.74 Å². The highest BCUT2D eigenvalue weighted by molar-refractivity contribution is 9.10. The topological polar surface area (TPSA) is 38.3 Å². The average molecular weight is 413 g/mol. The fourth-order valence-corrected chi connectivity index (χ4v) is 2.61. The second-order valence-corrected chi connectivity index (χ2v) is 6.36. The molecular formula is C16H15Br2NO2. The number of nitrogens with one attached hydrogen (secondary N) is 1. The van der Waals surface area contributed by atoms with Crippen LogP contribution in [-0.4, -0.2) is 13.0 Å². The van der Waals surface area contributed by atoms with Crippen molar-refractivity contribution in [3.05, 3.63) is 62.5 Å².